The van der Waals surface area contributed by atoms with Crippen LogP contribution in [0.15, 0.2) is 11.1 Å². The van der Waals surface area contributed by atoms with Gasteiger partial charge in [-0.2, -0.15) is 0 Å². The van der Waals surface area contributed by atoms with Crippen molar-refractivity contribution in [2.75, 3.05) is 26.2 Å². The Balaban J connectivity index is 2.06. The van der Waals surface area contributed by atoms with Crippen LogP contribution in [-0.2, 0) is 4.79 Å². The second kappa shape index (κ2) is 7.41. The molecule has 92 valence electrons. The van der Waals surface area contributed by atoms with Crippen LogP contribution in [0.1, 0.15) is 32.6 Å². The normalized spacial score (nSPS) is 14.5. The molecule has 0 aromatic carbocycles. The summed E-state index contributed by atoms with van der Waals surface area (Å²) in [6.07, 6.45) is 3.96. The quantitative estimate of drug-likeness (QED) is 0.439. The monoisotopic (exact) mass is 226 g/mol. The predicted molar refractivity (Wildman–Crippen MR) is 64.1 cm³/mol. The molecule has 1 aliphatic heterocycles. The first kappa shape index (κ1) is 13.2. The van der Waals surface area contributed by atoms with Crippen LogP contribution in [0.2, 0.25) is 0 Å². The summed E-state index contributed by atoms with van der Waals surface area (Å²) >= 11 is 0. The van der Waals surface area contributed by atoms with Crippen molar-refractivity contribution in [3.63, 3.8) is 0 Å². The molecule has 0 aliphatic carbocycles. The number of hydrogen-bond acceptors (Lipinski definition) is 3. The fraction of sp³-hybridized carbons (Fsp3) is 0.750. The standard InChI is InChI=1S/C12H22N2O2/c1-10(11-8-13-9-11)12(16)14-6-4-2-3-5-7-15/h13,15H,2-9H2,1H3,(H,14,16). The smallest absolute Gasteiger partial charge is 0.246 e. The Hall–Kier alpha value is -0.870. The van der Waals surface area contributed by atoms with Crippen molar-refractivity contribution in [1.82, 2.24) is 10.6 Å². The lowest BCUT2D eigenvalue weighted by Gasteiger charge is -2.21. The zero-order valence-corrected chi connectivity index (χ0v) is 10.0. The molecule has 0 saturated carbocycles. The molecule has 0 aromatic heterocycles. The maximum Gasteiger partial charge on any atom is 0.246 e. The minimum atomic E-state index is 0.0682. The third-order valence-electron chi connectivity index (χ3n) is 2.92. The van der Waals surface area contributed by atoms with Gasteiger partial charge in [0.05, 0.1) is 0 Å². The van der Waals surface area contributed by atoms with Gasteiger partial charge in [0.25, 0.3) is 0 Å². The average Bonchev–Trinajstić information content (AvgIpc) is 2.20. The number of aliphatic hydroxyl groups excluding tert-OH is 1. The molecule has 0 radical (unpaired) electrons. The summed E-state index contributed by atoms with van der Waals surface area (Å²) in [5, 5.41) is 14.6. The van der Waals surface area contributed by atoms with Gasteiger partial charge in [-0.1, -0.05) is 12.8 Å². The van der Waals surface area contributed by atoms with Crippen LogP contribution in [0.25, 0.3) is 0 Å². The number of nitrogens with one attached hydrogen (secondary N) is 2. The Morgan fingerprint density at radius 1 is 1.31 bits per heavy atom. The maximum atomic E-state index is 11.6. The van der Waals surface area contributed by atoms with Crippen molar-refractivity contribution in [3.8, 4) is 0 Å². The molecular weight excluding hydrogens is 204 g/mol. The van der Waals surface area contributed by atoms with Gasteiger partial charge in [0.2, 0.25) is 5.91 Å². The van der Waals surface area contributed by atoms with Crippen molar-refractivity contribution < 1.29 is 9.90 Å². The summed E-state index contributed by atoms with van der Waals surface area (Å²) in [7, 11) is 0. The Bertz CT molecular complexity index is 256. The van der Waals surface area contributed by atoms with Crippen molar-refractivity contribution in [3.05, 3.63) is 11.1 Å². The van der Waals surface area contributed by atoms with Gasteiger partial charge in [0, 0.05) is 31.8 Å². The van der Waals surface area contributed by atoms with Gasteiger partial charge >= 0.3 is 0 Å². The van der Waals surface area contributed by atoms with E-state index in [-0.39, 0.29) is 12.5 Å². The van der Waals surface area contributed by atoms with Crippen molar-refractivity contribution >= 4 is 5.91 Å². The Kier molecular flexibility index (Phi) is 6.11. The second-order valence-corrected chi connectivity index (χ2v) is 4.23. The molecule has 1 rings (SSSR count). The SMILES string of the molecule is CC(C(=O)NCCCCCCO)=C1CNC1. The van der Waals surface area contributed by atoms with Gasteiger partial charge in [0.1, 0.15) is 0 Å². The summed E-state index contributed by atoms with van der Waals surface area (Å²) in [5.74, 6) is 0.0682. The third-order valence-corrected chi connectivity index (χ3v) is 2.92. The predicted octanol–water partition coefficient (Wildman–Crippen LogP) is 0.575. The molecule has 1 saturated heterocycles. The fourth-order valence-electron chi connectivity index (χ4n) is 1.60. The van der Waals surface area contributed by atoms with Gasteiger partial charge in [-0.15, -0.1) is 0 Å². The number of hydrogen-bond donors (Lipinski definition) is 3. The highest BCUT2D eigenvalue weighted by atomic mass is 16.2. The summed E-state index contributed by atoms with van der Waals surface area (Å²) < 4.78 is 0. The summed E-state index contributed by atoms with van der Waals surface area (Å²) in [5.41, 5.74) is 2.09. The molecule has 0 spiro atoms. The Labute approximate surface area is 97.1 Å². The molecule has 0 bridgehead atoms. The number of unbranched alkanes of at least 4 members (excludes halogenated alkanes) is 3. The highest BCUT2D eigenvalue weighted by Gasteiger charge is 2.15. The number of amides is 1. The van der Waals surface area contributed by atoms with E-state index in [1.165, 1.54) is 5.57 Å². The average molecular weight is 226 g/mol. The maximum absolute atomic E-state index is 11.6. The first-order valence-corrected chi connectivity index (χ1v) is 6.04. The molecule has 3 N–H and O–H groups in total. The van der Waals surface area contributed by atoms with Gasteiger partial charge in [-0.3, -0.25) is 4.79 Å². The largest absolute Gasteiger partial charge is 0.396 e. The van der Waals surface area contributed by atoms with E-state index in [0.717, 1.165) is 50.9 Å². The van der Waals surface area contributed by atoms with E-state index in [2.05, 4.69) is 10.6 Å². The molecule has 1 fully saturated rings. The molecule has 0 atom stereocenters. The van der Waals surface area contributed by atoms with Gasteiger partial charge in [-0.25, -0.2) is 0 Å². The number of rotatable bonds is 7. The van der Waals surface area contributed by atoms with E-state index in [1.54, 1.807) is 0 Å². The first-order valence-electron chi connectivity index (χ1n) is 6.04. The third kappa shape index (κ3) is 4.33. The molecule has 1 aliphatic rings. The van der Waals surface area contributed by atoms with Crippen LogP contribution in [0.5, 0.6) is 0 Å². The van der Waals surface area contributed by atoms with E-state index in [1.807, 2.05) is 6.92 Å². The highest BCUT2D eigenvalue weighted by Crippen LogP contribution is 2.08. The van der Waals surface area contributed by atoms with Crippen LogP contribution in [0.3, 0.4) is 0 Å². The lowest BCUT2D eigenvalue weighted by atomic mass is 10.0. The lowest BCUT2D eigenvalue weighted by molar-refractivity contribution is -0.117. The van der Waals surface area contributed by atoms with E-state index in [4.69, 9.17) is 5.11 Å². The molecule has 4 heteroatoms. The second-order valence-electron chi connectivity index (χ2n) is 4.23. The van der Waals surface area contributed by atoms with Crippen LogP contribution >= 0.6 is 0 Å². The number of carbonyl (C=O) groups is 1. The summed E-state index contributed by atoms with van der Waals surface area (Å²) in [4.78, 5) is 11.6. The van der Waals surface area contributed by atoms with Gasteiger partial charge in [0.15, 0.2) is 0 Å². The minimum absolute atomic E-state index is 0.0682. The summed E-state index contributed by atoms with van der Waals surface area (Å²) in [6, 6.07) is 0. The van der Waals surface area contributed by atoms with Crippen LogP contribution < -0.4 is 10.6 Å². The van der Waals surface area contributed by atoms with E-state index >= 15 is 0 Å². The molecule has 4 nitrogen and oxygen atoms in total. The van der Waals surface area contributed by atoms with E-state index in [9.17, 15) is 4.79 Å². The highest BCUT2D eigenvalue weighted by molar-refractivity contribution is 5.93. The lowest BCUT2D eigenvalue weighted by Crippen LogP contribution is -2.37. The number of aliphatic hydroxyl groups is 1. The van der Waals surface area contributed by atoms with Gasteiger partial charge < -0.3 is 15.7 Å². The fourth-order valence-corrected chi connectivity index (χ4v) is 1.60. The minimum Gasteiger partial charge on any atom is -0.396 e. The first-order chi connectivity index (χ1) is 7.75. The number of carbonyl (C=O) groups excluding carboxylic acids is 1. The molecule has 16 heavy (non-hydrogen) atoms. The molecule has 0 unspecified atom stereocenters. The molecule has 1 heterocycles. The zero-order valence-electron chi connectivity index (χ0n) is 10.0. The Morgan fingerprint density at radius 3 is 2.56 bits per heavy atom. The van der Waals surface area contributed by atoms with Crippen LogP contribution in [0.4, 0.5) is 0 Å². The molecule has 1 amide bonds. The zero-order chi connectivity index (χ0) is 11.8. The van der Waals surface area contributed by atoms with Crippen molar-refractivity contribution in [1.29, 1.82) is 0 Å². The van der Waals surface area contributed by atoms with Crippen LogP contribution in [-0.4, -0.2) is 37.3 Å². The molecular formula is C12H22N2O2. The van der Waals surface area contributed by atoms with Crippen molar-refractivity contribution in [2.45, 2.75) is 32.6 Å². The van der Waals surface area contributed by atoms with E-state index < -0.39 is 0 Å². The van der Waals surface area contributed by atoms with Gasteiger partial charge in [-0.05, 0) is 25.3 Å². The molecule has 0 aromatic rings. The Morgan fingerprint density at radius 2 is 2.00 bits per heavy atom. The summed E-state index contributed by atoms with van der Waals surface area (Å²) in [6.45, 7) is 4.61. The van der Waals surface area contributed by atoms with Crippen LogP contribution in [0, 0.1) is 0 Å². The van der Waals surface area contributed by atoms with E-state index in [0.29, 0.717) is 0 Å². The topological polar surface area (TPSA) is 61.4 Å². The van der Waals surface area contributed by atoms with Crippen molar-refractivity contribution in [2.24, 2.45) is 0 Å².